The van der Waals surface area contributed by atoms with Gasteiger partial charge < -0.3 is 20.4 Å². The number of aromatic nitrogens is 2. The van der Waals surface area contributed by atoms with Crippen LogP contribution in [0.1, 0.15) is 15.9 Å². The Balaban J connectivity index is 1.76. The van der Waals surface area contributed by atoms with E-state index in [9.17, 15) is 18.8 Å². The molecule has 0 radical (unpaired) electrons. The van der Waals surface area contributed by atoms with Crippen LogP contribution in [-0.2, 0) is 20.6 Å². The number of ether oxygens (including phenoxy) is 1. The number of amides is 1. The van der Waals surface area contributed by atoms with Gasteiger partial charge in [-0.2, -0.15) is 0 Å². The van der Waals surface area contributed by atoms with Crippen LogP contribution in [0.25, 0.3) is 22.3 Å². The third-order valence-electron chi connectivity index (χ3n) is 6.12. The van der Waals surface area contributed by atoms with Crippen molar-refractivity contribution in [3.63, 3.8) is 0 Å². The molecule has 196 valence electrons. The van der Waals surface area contributed by atoms with Crippen LogP contribution in [0.3, 0.4) is 0 Å². The minimum absolute atomic E-state index is 0.0252. The molecule has 1 amide bonds. The lowest BCUT2D eigenvalue weighted by Gasteiger charge is -2.16. The average molecular weight is 557 g/mol. The molecule has 0 bridgehead atoms. The van der Waals surface area contributed by atoms with E-state index in [1.165, 1.54) is 33.5 Å². The molecule has 0 saturated carbocycles. The number of benzene rings is 3. The molecule has 0 atom stereocenters. The van der Waals surface area contributed by atoms with Gasteiger partial charge in [0.2, 0.25) is 0 Å². The van der Waals surface area contributed by atoms with E-state index in [4.69, 9.17) is 33.7 Å². The third kappa shape index (κ3) is 4.83. The molecule has 0 fully saturated rings. The number of rotatable bonds is 6. The molecule has 4 rings (SSSR count). The van der Waals surface area contributed by atoms with Crippen LogP contribution in [0.5, 0.6) is 5.75 Å². The summed E-state index contributed by atoms with van der Waals surface area (Å²) in [5, 5.41) is 3.10. The second-order valence-electron chi connectivity index (χ2n) is 8.43. The van der Waals surface area contributed by atoms with Gasteiger partial charge in [0.05, 0.1) is 22.8 Å². The van der Waals surface area contributed by atoms with Crippen LogP contribution in [0.15, 0.2) is 64.3 Å². The Labute approximate surface area is 227 Å². The average Bonchev–Trinajstić information content (AvgIpc) is 2.90. The summed E-state index contributed by atoms with van der Waals surface area (Å²) in [6.07, 6.45) is 1.17. The zero-order chi connectivity index (χ0) is 27.7. The molecule has 0 saturated heterocycles. The molecule has 8 nitrogen and oxygen atoms in total. The van der Waals surface area contributed by atoms with Crippen molar-refractivity contribution in [3.05, 3.63) is 103 Å². The van der Waals surface area contributed by atoms with Crippen LogP contribution in [-0.4, -0.2) is 22.2 Å². The van der Waals surface area contributed by atoms with Gasteiger partial charge in [-0.15, -0.1) is 0 Å². The maximum absolute atomic E-state index is 14.7. The van der Waals surface area contributed by atoms with Gasteiger partial charge in [-0.1, -0.05) is 53.5 Å². The third-order valence-corrected chi connectivity index (χ3v) is 6.93. The van der Waals surface area contributed by atoms with Crippen molar-refractivity contribution in [3.8, 4) is 28.0 Å². The molecule has 0 aliphatic carbocycles. The van der Waals surface area contributed by atoms with Gasteiger partial charge in [0.25, 0.3) is 11.5 Å². The molecule has 0 aliphatic heterocycles. The van der Waals surface area contributed by atoms with Crippen molar-refractivity contribution in [2.24, 2.45) is 19.8 Å². The van der Waals surface area contributed by atoms with Crippen molar-refractivity contribution in [2.75, 3.05) is 12.4 Å². The molecule has 38 heavy (non-hydrogen) atoms. The number of carbonyl (C=O) groups is 1. The number of hydrogen-bond donors (Lipinski definition) is 2. The quantitative estimate of drug-likeness (QED) is 0.361. The topological polar surface area (TPSA) is 108 Å². The Bertz CT molecular complexity index is 1700. The lowest BCUT2D eigenvalue weighted by molar-refractivity contribution is 0.102. The van der Waals surface area contributed by atoms with E-state index in [0.717, 1.165) is 9.13 Å². The number of nitrogens with one attached hydrogen (secondary N) is 1. The maximum Gasteiger partial charge on any atom is 0.330 e. The number of nitrogens with zero attached hydrogens (tertiary/aromatic N) is 2. The summed E-state index contributed by atoms with van der Waals surface area (Å²) >= 11 is 13.5. The summed E-state index contributed by atoms with van der Waals surface area (Å²) < 4.78 is 22.0. The molecule has 0 unspecified atom stereocenters. The largest absolute Gasteiger partial charge is 0.496 e. The number of carbonyl (C=O) groups excluding carboxylic acids is 1. The summed E-state index contributed by atoms with van der Waals surface area (Å²) in [6.45, 7) is -0.0252. The predicted molar refractivity (Wildman–Crippen MR) is 147 cm³/mol. The van der Waals surface area contributed by atoms with Crippen molar-refractivity contribution in [1.29, 1.82) is 0 Å². The van der Waals surface area contributed by atoms with Gasteiger partial charge in [0.15, 0.2) is 0 Å². The van der Waals surface area contributed by atoms with Gasteiger partial charge in [0, 0.05) is 49.1 Å². The first kappa shape index (κ1) is 27.1. The van der Waals surface area contributed by atoms with Crippen LogP contribution < -0.4 is 27.0 Å². The van der Waals surface area contributed by atoms with Gasteiger partial charge >= 0.3 is 5.69 Å². The summed E-state index contributed by atoms with van der Waals surface area (Å²) in [6, 6.07) is 13.2. The minimum Gasteiger partial charge on any atom is -0.496 e. The summed E-state index contributed by atoms with van der Waals surface area (Å²) in [5.41, 5.74) is 6.65. The molecular weight excluding hydrogens is 534 g/mol. The first-order chi connectivity index (χ1) is 18.1. The molecule has 0 aliphatic rings. The van der Waals surface area contributed by atoms with Crippen LogP contribution >= 0.6 is 23.2 Å². The van der Waals surface area contributed by atoms with Gasteiger partial charge in [0.1, 0.15) is 17.1 Å². The highest BCUT2D eigenvalue weighted by molar-refractivity contribution is 6.39. The Kier molecular flexibility index (Phi) is 7.73. The van der Waals surface area contributed by atoms with Gasteiger partial charge in [-0.25, -0.2) is 9.18 Å². The second kappa shape index (κ2) is 10.8. The number of halogens is 3. The maximum atomic E-state index is 14.7. The highest BCUT2D eigenvalue weighted by Gasteiger charge is 2.20. The Morgan fingerprint density at radius 1 is 1.03 bits per heavy atom. The fraction of sp³-hybridized carbons (Fsp3) is 0.148. The van der Waals surface area contributed by atoms with E-state index in [2.05, 4.69) is 5.32 Å². The van der Waals surface area contributed by atoms with Crippen LogP contribution in [0, 0.1) is 5.82 Å². The smallest absolute Gasteiger partial charge is 0.330 e. The monoisotopic (exact) mass is 556 g/mol. The van der Waals surface area contributed by atoms with E-state index >= 15 is 0 Å². The van der Waals surface area contributed by atoms with E-state index < -0.39 is 23.0 Å². The van der Waals surface area contributed by atoms with E-state index in [-0.39, 0.29) is 28.4 Å². The molecular formula is C27H23Cl2FN4O4. The van der Waals surface area contributed by atoms with E-state index in [0.29, 0.717) is 33.0 Å². The normalized spacial score (nSPS) is 10.9. The molecule has 4 aromatic rings. The molecule has 0 spiro atoms. The zero-order valence-corrected chi connectivity index (χ0v) is 22.2. The zero-order valence-electron chi connectivity index (χ0n) is 20.6. The van der Waals surface area contributed by atoms with Gasteiger partial charge in [-0.3, -0.25) is 14.2 Å². The SMILES string of the molecule is COc1cc(-c2cccc(-c3cccc(NC(=O)c4cn(C)c(=O)n(C)c4=O)c3Cl)c2Cl)cc(F)c1CN. The first-order valence-electron chi connectivity index (χ1n) is 11.3. The Morgan fingerprint density at radius 2 is 1.66 bits per heavy atom. The first-order valence-corrected chi connectivity index (χ1v) is 12.1. The van der Waals surface area contributed by atoms with E-state index in [1.807, 2.05) is 0 Å². The number of nitrogens with two attached hydrogens (primary N) is 1. The second-order valence-corrected chi connectivity index (χ2v) is 9.19. The predicted octanol–water partition coefficient (Wildman–Crippen LogP) is 4.58. The summed E-state index contributed by atoms with van der Waals surface area (Å²) in [7, 11) is 4.15. The number of anilines is 1. The van der Waals surface area contributed by atoms with Crippen LogP contribution in [0.4, 0.5) is 10.1 Å². The van der Waals surface area contributed by atoms with Gasteiger partial charge in [-0.05, 0) is 23.8 Å². The van der Waals surface area contributed by atoms with Crippen molar-refractivity contribution in [2.45, 2.75) is 6.54 Å². The summed E-state index contributed by atoms with van der Waals surface area (Å²) in [4.78, 5) is 37.3. The fourth-order valence-corrected chi connectivity index (χ4v) is 4.71. The number of hydrogen-bond acceptors (Lipinski definition) is 5. The van der Waals surface area contributed by atoms with Crippen LogP contribution in [0.2, 0.25) is 10.0 Å². The van der Waals surface area contributed by atoms with Crippen molar-refractivity contribution >= 4 is 34.8 Å². The lowest BCUT2D eigenvalue weighted by Crippen LogP contribution is -2.40. The van der Waals surface area contributed by atoms with Crippen molar-refractivity contribution < 1.29 is 13.9 Å². The number of methoxy groups -OCH3 is 1. The molecule has 3 N–H and O–H groups in total. The fourth-order valence-electron chi connectivity index (χ4n) is 4.10. The van der Waals surface area contributed by atoms with E-state index in [1.54, 1.807) is 42.5 Å². The molecule has 3 aromatic carbocycles. The van der Waals surface area contributed by atoms with Crippen molar-refractivity contribution in [1.82, 2.24) is 9.13 Å². The highest BCUT2D eigenvalue weighted by atomic mass is 35.5. The Morgan fingerprint density at radius 3 is 2.32 bits per heavy atom. The molecule has 1 aromatic heterocycles. The summed E-state index contributed by atoms with van der Waals surface area (Å²) in [5.74, 6) is -0.949. The molecule has 1 heterocycles. The lowest BCUT2D eigenvalue weighted by atomic mass is 9.97. The Hall–Kier alpha value is -3.92. The molecule has 11 heteroatoms. The number of aryl methyl sites for hydroxylation is 1. The highest BCUT2D eigenvalue weighted by Crippen LogP contribution is 2.42. The minimum atomic E-state index is -0.739. The standard InChI is InChI=1S/C27H23Cl2FN4O4/c1-33-13-19(26(36)34(2)27(33)37)25(35)32-21-9-5-8-17(24(21)29)16-7-4-6-15(23(16)28)14-10-20(30)18(12-31)22(11-14)38-3/h4-11,13H,12,31H2,1-3H3,(H,32,35).